The van der Waals surface area contributed by atoms with Crippen molar-refractivity contribution >= 4 is 5.91 Å². The summed E-state index contributed by atoms with van der Waals surface area (Å²) in [5.74, 6) is 0.448. The fraction of sp³-hybridized carbons (Fsp3) is 0.444. The van der Waals surface area contributed by atoms with Crippen molar-refractivity contribution in [2.75, 3.05) is 13.1 Å². The van der Waals surface area contributed by atoms with Gasteiger partial charge in [0.2, 0.25) is 0 Å². The van der Waals surface area contributed by atoms with Crippen molar-refractivity contribution in [2.45, 2.75) is 65.0 Å². The van der Waals surface area contributed by atoms with Crippen LogP contribution in [0.4, 0.5) is 0 Å². The van der Waals surface area contributed by atoms with Crippen molar-refractivity contribution in [3.63, 3.8) is 0 Å². The first-order valence-electron chi connectivity index (χ1n) is 12.1. The van der Waals surface area contributed by atoms with Crippen LogP contribution >= 0.6 is 0 Å². The third-order valence-corrected chi connectivity index (χ3v) is 7.02. The molecule has 1 aromatic heterocycles. The van der Waals surface area contributed by atoms with E-state index in [0.717, 1.165) is 43.0 Å². The van der Waals surface area contributed by atoms with Gasteiger partial charge in [-0.25, -0.2) is 4.68 Å². The lowest BCUT2D eigenvalue weighted by Gasteiger charge is -2.34. The van der Waals surface area contributed by atoms with Crippen molar-refractivity contribution in [3.8, 4) is 0 Å². The van der Waals surface area contributed by atoms with Gasteiger partial charge in [-0.2, -0.15) is 0 Å². The summed E-state index contributed by atoms with van der Waals surface area (Å²) in [5, 5.41) is 11.7. The van der Waals surface area contributed by atoms with Gasteiger partial charge in [-0.05, 0) is 42.5 Å². The van der Waals surface area contributed by atoms with Gasteiger partial charge in [0.05, 0.1) is 25.4 Å². The van der Waals surface area contributed by atoms with E-state index in [1.807, 2.05) is 35.9 Å². The molecule has 2 aromatic carbocycles. The highest BCUT2D eigenvalue weighted by Gasteiger charge is 2.43. The number of nitrogens with zero attached hydrogens (tertiary/aromatic N) is 4. The van der Waals surface area contributed by atoms with Gasteiger partial charge in [0, 0.05) is 25.2 Å². The molecule has 3 heterocycles. The molecule has 5 rings (SSSR count). The van der Waals surface area contributed by atoms with E-state index in [4.69, 9.17) is 4.74 Å². The molecule has 7 nitrogen and oxygen atoms in total. The summed E-state index contributed by atoms with van der Waals surface area (Å²) in [6, 6.07) is 16.5. The molecule has 0 saturated carbocycles. The van der Waals surface area contributed by atoms with Gasteiger partial charge in [-0.3, -0.25) is 9.69 Å². The first-order valence-corrected chi connectivity index (χ1v) is 12.1. The quantitative estimate of drug-likeness (QED) is 0.607. The fourth-order valence-corrected chi connectivity index (χ4v) is 4.96. The highest BCUT2D eigenvalue weighted by atomic mass is 16.5. The van der Waals surface area contributed by atoms with Gasteiger partial charge in [0.1, 0.15) is 11.3 Å². The molecular formula is C27H33N5O2. The molecule has 1 spiro atoms. The van der Waals surface area contributed by atoms with Crippen LogP contribution in [0.1, 0.15) is 64.6 Å². The van der Waals surface area contributed by atoms with Crippen LogP contribution in [0.3, 0.4) is 0 Å². The summed E-state index contributed by atoms with van der Waals surface area (Å²) < 4.78 is 8.39. The van der Waals surface area contributed by atoms with Crippen LogP contribution in [-0.4, -0.2) is 44.5 Å². The van der Waals surface area contributed by atoms with E-state index in [-0.39, 0.29) is 11.5 Å². The van der Waals surface area contributed by atoms with Crippen molar-refractivity contribution in [3.05, 3.63) is 82.2 Å². The summed E-state index contributed by atoms with van der Waals surface area (Å²) in [6.45, 7) is 10.8. The van der Waals surface area contributed by atoms with E-state index in [0.29, 0.717) is 31.2 Å². The topological polar surface area (TPSA) is 72.3 Å². The number of likely N-dealkylation sites (tertiary alicyclic amines) is 1. The normalized spacial score (nSPS) is 20.1. The Morgan fingerprint density at radius 3 is 2.76 bits per heavy atom. The molecule has 7 heteroatoms. The average Bonchev–Trinajstić information content (AvgIpc) is 3.41. The Hall–Kier alpha value is -3.03. The lowest BCUT2D eigenvalue weighted by atomic mass is 10.0. The van der Waals surface area contributed by atoms with Gasteiger partial charge in [0.25, 0.3) is 5.91 Å². The Morgan fingerprint density at radius 1 is 1.18 bits per heavy atom. The Morgan fingerprint density at radius 2 is 2.00 bits per heavy atom. The molecule has 2 aliphatic heterocycles. The summed E-state index contributed by atoms with van der Waals surface area (Å²) in [7, 11) is 0. The highest BCUT2D eigenvalue weighted by Crippen LogP contribution is 2.33. The lowest BCUT2D eigenvalue weighted by molar-refractivity contribution is -0.0845. The van der Waals surface area contributed by atoms with E-state index in [2.05, 4.69) is 58.6 Å². The Kier molecular flexibility index (Phi) is 6.23. The second-order valence-electron chi connectivity index (χ2n) is 10.0. The molecule has 1 fully saturated rings. The van der Waals surface area contributed by atoms with Gasteiger partial charge < -0.3 is 10.1 Å². The number of nitrogens with one attached hydrogen (secondary N) is 1. The number of amides is 1. The number of aromatic nitrogens is 3. The number of hydrogen-bond donors (Lipinski definition) is 1. The third kappa shape index (κ3) is 4.76. The van der Waals surface area contributed by atoms with E-state index in [1.54, 1.807) is 0 Å². The maximum absolute atomic E-state index is 12.5. The van der Waals surface area contributed by atoms with Gasteiger partial charge in [-0.1, -0.05) is 61.0 Å². The SMILES string of the molecule is Cc1cccc(C(=O)NCc2nnn3c2COC2(CCN(Cc4ccc(C(C)C)cc4)C2)C3)c1. The zero-order valence-corrected chi connectivity index (χ0v) is 20.3. The van der Waals surface area contributed by atoms with Crippen molar-refractivity contribution in [2.24, 2.45) is 0 Å². The fourth-order valence-electron chi connectivity index (χ4n) is 4.96. The van der Waals surface area contributed by atoms with Crippen LogP contribution in [0.2, 0.25) is 0 Å². The summed E-state index contributed by atoms with van der Waals surface area (Å²) >= 11 is 0. The standard InChI is InChI=1S/C27H33N5O2/c1-19(2)22-9-7-21(8-10-22)15-31-12-11-27(17-31)18-32-25(16-34-27)24(29-30-32)14-28-26(33)23-6-4-5-20(3)13-23/h4-10,13,19H,11-12,14-18H2,1-3H3,(H,28,33). The Balaban J connectivity index is 1.18. The van der Waals surface area contributed by atoms with Crippen LogP contribution in [-0.2, 0) is 31.0 Å². The minimum atomic E-state index is -0.222. The molecule has 1 atom stereocenters. The maximum Gasteiger partial charge on any atom is 0.251 e. The predicted molar refractivity (Wildman–Crippen MR) is 130 cm³/mol. The number of carbonyl (C=O) groups excluding carboxylic acids is 1. The number of benzene rings is 2. The van der Waals surface area contributed by atoms with Gasteiger partial charge in [-0.15, -0.1) is 5.10 Å². The van der Waals surface area contributed by atoms with Crippen molar-refractivity contribution in [1.82, 2.24) is 25.2 Å². The maximum atomic E-state index is 12.5. The second kappa shape index (κ2) is 9.31. The summed E-state index contributed by atoms with van der Waals surface area (Å²) in [5.41, 5.74) is 5.94. The molecular weight excluding hydrogens is 426 g/mol. The number of ether oxygens (including phenoxy) is 1. The summed E-state index contributed by atoms with van der Waals surface area (Å²) in [4.78, 5) is 15.0. The zero-order valence-electron chi connectivity index (χ0n) is 20.3. The second-order valence-corrected chi connectivity index (χ2v) is 10.0. The third-order valence-electron chi connectivity index (χ3n) is 7.02. The first-order chi connectivity index (χ1) is 16.4. The molecule has 34 heavy (non-hydrogen) atoms. The van der Waals surface area contributed by atoms with Crippen LogP contribution in [0.15, 0.2) is 48.5 Å². The lowest BCUT2D eigenvalue weighted by Crippen LogP contribution is -2.44. The van der Waals surface area contributed by atoms with Crippen LogP contribution in [0.5, 0.6) is 0 Å². The molecule has 1 unspecified atom stereocenters. The minimum absolute atomic E-state index is 0.105. The van der Waals surface area contributed by atoms with Crippen LogP contribution < -0.4 is 5.32 Å². The molecule has 1 N–H and O–H groups in total. The molecule has 0 bridgehead atoms. The number of aryl methyl sites for hydroxylation is 1. The average molecular weight is 460 g/mol. The number of fused-ring (bicyclic) bond motifs is 1. The van der Waals surface area contributed by atoms with E-state index < -0.39 is 0 Å². The number of rotatable bonds is 6. The van der Waals surface area contributed by atoms with Gasteiger partial charge >= 0.3 is 0 Å². The van der Waals surface area contributed by atoms with Crippen molar-refractivity contribution < 1.29 is 9.53 Å². The number of hydrogen-bond acceptors (Lipinski definition) is 5. The molecule has 1 amide bonds. The van der Waals surface area contributed by atoms with E-state index in [1.165, 1.54) is 11.1 Å². The van der Waals surface area contributed by atoms with Crippen molar-refractivity contribution in [1.29, 1.82) is 0 Å². The first kappa shape index (κ1) is 22.7. The Bertz CT molecular complexity index is 1170. The Labute approximate surface area is 201 Å². The molecule has 2 aliphatic rings. The van der Waals surface area contributed by atoms with Gasteiger partial charge in [0.15, 0.2) is 0 Å². The monoisotopic (exact) mass is 459 g/mol. The molecule has 3 aromatic rings. The molecule has 1 saturated heterocycles. The molecule has 0 aliphatic carbocycles. The smallest absolute Gasteiger partial charge is 0.251 e. The van der Waals surface area contributed by atoms with Crippen LogP contribution in [0, 0.1) is 6.92 Å². The summed E-state index contributed by atoms with van der Waals surface area (Å²) in [6.07, 6.45) is 0.982. The molecule has 0 radical (unpaired) electrons. The largest absolute Gasteiger partial charge is 0.365 e. The molecule has 178 valence electrons. The zero-order chi connectivity index (χ0) is 23.7. The van der Waals surface area contributed by atoms with E-state index >= 15 is 0 Å². The van der Waals surface area contributed by atoms with E-state index in [9.17, 15) is 4.79 Å². The highest BCUT2D eigenvalue weighted by molar-refractivity contribution is 5.94. The number of carbonyl (C=O) groups is 1. The van der Waals surface area contributed by atoms with Crippen LogP contribution in [0.25, 0.3) is 0 Å². The minimum Gasteiger partial charge on any atom is -0.365 e. The predicted octanol–water partition coefficient (Wildman–Crippen LogP) is 3.81.